The SMILES string of the molecule is CC(C)[C@H](O)CS. The van der Waals surface area contributed by atoms with E-state index in [0.29, 0.717) is 11.7 Å². The molecule has 1 nitrogen and oxygen atoms in total. The molecule has 0 radical (unpaired) electrons. The van der Waals surface area contributed by atoms with Crippen molar-refractivity contribution in [2.45, 2.75) is 20.0 Å². The molecule has 0 unspecified atom stereocenters. The predicted octanol–water partition coefficient (Wildman–Crippen LogP) is 0.933. The maximum Gasteiger partial charge on any atom is 0.0650 e. The van der Waals surface area contributed by atoms with Gasteiger partial charge in [-0.1, -0.05) is 13.8 Å². The van der Waals surface area contributed by atoms with Crippen molar-refractivity contribution in [2.75, 3.05) is 5.75 Å². The number of thiol groups is 1. The molecule has 0 aliphatic carbocycles. The average Bonchev–Trinajstić information content (AvgIpc) is 1.65. The molecule has 0 saturated carbocycles. The number of hydrogen-bond acceptors (Lipinski definition) is 2. The molecule has 0 aromatic rings. The zero-order valence-corrected chi connectivity index (χ0v) is 5.65. The lowest BCUT2D eigenvalue weighted by Gasteiger charge is -2.08. The van der Waals surface area contributed by atoms with Crippen molar-refractivity contribution in [3.05, 3.63) is 0 Å². The Morgan fingerprint density at radius 1 is 1.57 bits per heavy atom. The lowest BCUT2D eigenvalue weighted by Crippen LogP contribution is -2.15. The van der Waals surface area contributed by atoms with E-state index >= 15 is 0 Å². The van der Waals surface area contributed by atoms with Gasteiger partial charge < -0.3 is 5.11 Å². The topological polar surface area (TPSA) is 20.2 Å². The maximum absolute atomic E-state index is 8.86. The van der Waals surface area contributed by atoms with E-state index in [2.05, 4.69) is 12.6 Å². The summed E-state index contributed by atoms with van der Waals surface area (Å²) >= 11 is 3.90. The molecule has 2 heteroatoms. The number of rotatable bonds is 2. The van der Waals surface area contributed by atoms with Crippen LogP contribution in [0.15, 0.2) is 0 Å². The molecule has 0 saturated heterocycles. The second kappa shape index (κ2) is 3.33. The first kappa shape index (κ1) is 7.31. The Labute approximate surface area is 50.1 Å². The third-order valence-electron chi connectivity index (χ3n) is 0.957. The Bertz CT molecular complexity index is 45.3. The second-order valence-corrected chi connectivity index (χ2v) is 2.36. The van der Waals surface area contributed by atoms with Gasteiger partial charge in [0, 0.05) is 5.75 Å². The van der Waals surface area contributed by atoms with Gasteiger partial charge in [0.15, 0.2) is 0 Å². The van der Waals surface area contributed by atoms with E-state index < -0.39 is 0 Å². The van der Waals surface area contributed by atoms with Gasteiger partial charge in [-0.05, 0) is 5.92 Å². The highest BCUT2D eigenvalue weighted by Gasteiger charge is 2.03. The zero-order valence-electron chi connectivity index (χ0n) is 4.76. The fourth-order valence-electron chi connectivity index (χ4n) is 0.211. The van der Waals surface area contributed by atoms with Crippen LogP contribution in [0.25, 0.3) is 0 Å². The quantitative estimate of drug-likeness (QED) is 0.519. The van der Waals surface area contributed by atoms with Crippen LogP contribution in [0.3, 0.4) is 0 Å². The number of aliphatic hydroxyl groups excluding tert-OH is 1. The first-order chi connectivity index (χ1) is 3.18. The molecule has 0 bridgehead atoms. The third-order valence-corrected chi connectivity index (χ3v) is 1.33. The van der Waals surface area contributed by atoms with E-state index in [4.69, 9.17) is 5.11 Å². The predicted molar refractivity (Wildman–Crippen MR) is 34.7 cm³/mol. The minimum Gasteiger partial charge on any atom is -0.392 e. The van der Waals surface area contributed by atoms with Crippen molar-refractivity contribution in [2.24, 2.45) is 5.92 Å². The van der Waals surface area contributed by atoms with Crippen molar-refractivity contribution in [1.82, 2.24) is 0 Å². The van der Waals surface area contributed by atoms with E-state index in [0.717, 1.165) is 0 Å². The van der Waals surface area contributed by atoms with Gasteiger partial charge in [0.1, 0.15) is 0 Å². The summed E-state index contributed by atoms with van der Waals surface area (Å²) in [7, 11) is 0. The summed E-state index contributed by atoms with van der Waals surface area (Å²) in [5, 5.41) is 8.86. The maximum atomic E-state index is 8.86. The van der Waals surface area contributed by atoms with Crippen LogP contribution in [0, 0.1) is 5.92 Å². The Morgan fingerprint density at radius 2 is 2.00 bits per heavy atom. The minimum absolute atomic E-state index is 0.233. The smallest absolute Gasteiger partial charge is 0.0650 e. The molecule has 44 valence electrons. The Morgan fingerprint density at radius 3 is 2.00 bits per heavy atom. The van der Waals surface area contributed by atoms with Gasteiger partial charge in [0.05, 0.1) is 6.10 Å². The molecular weight excluding hydrogens is 108 g/mol. The Hall–Kier alpha value is 0.310. The van der Waals surface area contributed by atoms with Crippen molar-refractivity contribution in [3.63, 3.8) is 0 Å². The summed E-state index contributed by atoms with van der Waals surface area (Å²) in [6.45, 7) is 3.95. The molecule has 7 heavy (non-hydrogen) atoms. The van der Waals surface area contributed by atoms with Crippen molar-refractivity contribution in [3.8, 4) is 0 Å². The van der Waals surface area contributed by atoms with Crippen LogP contribution in [0.4, 0.5) is 0 Å². The monoisotopic (exact) mass is 120 g/mol. The molecule has 0 fully saturated rings. The summed E-state index contributed by atoms with van der Waals surface area (Å²) in [6.07, 6.45) is -0.233. The van der Waals surface area contributed by atoms with E-state index in [1.54, 1.807) is 0 Å². The highest BCUT2D eigenvalue weighted by molar-refractivity contribution is 7.80. The molecule has 0 aromatic carbocycles. The lowest BCUT2D eigenvalue weighted by molar-refractivity contribution is 0.149. The zero-order chi connectivity index (χ0) is 5.86. The first-order valence-corrected chi connectivity index (χ1v) is 3.10. The van der Waals surface area contributed by atoms with Gasteiger partial charge in [0.2, 0.25) is 0 Å². The standard InChI is InChI=1S/C5H12OS/c1-4(2)5(6)3-7/h4-7H,3H2,1-2H3/t5-/m1/s1. The molecule has 0 heterocycles. The summed E-state index contributed by atoms with van der Waals surface area (Å²) in [4.78, 5) is 0. The summed E-state index contributed by atoms with van der Waals surface area (Å²) in [6, 6.07) is 0. The van der Waals surface area contributed by atoms with Crippen LogP contribution in [-0.4, -0.2) is 17.0 Å². The van der Waals surface area contributed by atoms with E-state index in [1.807, 2.05) is 13.8 Å². The highest BCUT2D eigenvalue weighted by Crippen LogP contribution is 2.00. The van der Waals surface area contributed by atoms with Crippen molar-refractivity contribution >= 4 is 12.6 Å². The Balaban J connectivity index is 3.14. The lowest BCUT2D eigenvalue weighted by atomic mass is 10.1. The van der Waals surface area contributed by atoms with E-state index in [-0.39, 0.29) is 6.10 Å². The molecule has 0 aromatic heterocycles. The molecule has 0 rings (SSSR count). The normalized spacial score (nSPS) is 15.0. The van der Waals surface area contributed by atoms with Crippen LogP contribution in [0.1, 0.15) is 13.8 Å². The summed E-state index contributed by atoms with van der Waals surface area (Å²) in [5.74, 6) is 0.912. The Kier molecular flexibility index (Phi) is 3.48. The fraction of sp³-hybridized carbons (Fsp3) is 1.00. The van der Waals surface area contributed by atoms with E-state index in [1.165, 1.54) is 0 Å². The molecule has 1 atom stereocenters. The van der Waals surface area contributed by atoms with Crippen LogP contribution in [-0.2, 0) is 0 Å². The molecule has 1 N–H and O–H groups in total. The first-order valence-electron chi connectivity index (χ1n) is 2.47. The average molecular weight is 120 g/mol. The van der Waals surface area contributed by atoms with Gasteiger partial charge in [-0.3, -0.25) is 0 Å². The molecule has 0 aliphatic heterocycles. The van der Waals surface area contributed by atoms with Crippen LogP contribution in [0.2, 0.25) is 0 Å². The fourth-order valence-corrected chi connectivity index (χ4v) is 0.632. The highest BCUT2D eigenvalue weighted by atomic mass is 32.1. The van der Waals surface area contributed by atoms with Gasteiger partial charge in [-0.2, -0.15) is 12.6 Å². The number of hydrogen-bond donors (Lipinski definition) is 2. The summed E-state index contributed by atoms with van der Waals surface area (Å²) < 4.78 is 0. The van der Waals surface area contributed by atoms with Crippen molar-refractivity contribution in [1.29, 1.82) is 0 Å². The van der Waals surface area contributed by atoms with Crippen LogP contribution >= 0.6 is 12.6 Å². The molecular formula is C5H12OS. The van der Waals surface area contributed by atoms with Crippen LogP contribution in [0.5, 0.6) is 0 Å². The van der Waals surface area contributed by atoms with Gasteiger partial charge in [-0.25, -0.2) is 0 Å². The van der Waals surface area contributed by atoms with E-state index in [9.17, 15) is 0 Å². The van der Waals surface area contributed by atoms with Gasteiger partial charge in [0.25, 0.3) is 0 Å². The molecule has 0 amide bonds. The molecule has 0 aliphatic rings. The minimum atomic E-state index is -0.233. The third kappa shape index (κ3) is 2.94. The van der Waals surface area contributed by atoms with Crippen LogP contribution < -0.4 is 0 Å². The van der Waals surface area contributed by atoms with Crippen molar-refractivity contribution < 1.29 is 5.11 Å². The second-order valence-electron chi connectivity index (χ2n) is 1.99. The number of aliphatic hydroxyl groups is 1. The van der Waals surface area contributed by atoms with Gasteiger partial charge in [-0.15, -0.1) is 0 Å². The molecule has 0 spiro atoms. The largest absolute Gasteiger partial charge is 0.392 e. The summed E-state index contributed by atoms with van der Waals surface area (Å²) in [5.41, 5.74) is 0. The van der Waals surface area contributed by atoms with Gasteiger partial charge >= 0.3 is 0 Å².